The summed E-state index contributed by atoms with van der Waals surface area (Å²) in [4.78, 5) is 12.6. The van der Waals surface area contributed by atoms with E-state index >= 15 is 0 Å². The van der Waals surface area contributed by atoms with Gasteiger partial charge in [-0.25, -0.2) is 8.42 Å². The average molecular weight is 288 g/mol. The third-order valence-electron chi connectivity index (χ3n) is 2.82. The van der Waals surface area contributed by atoms with Gasteiger partial charge in [-0.15, -0.1) is 11.3 Å². The molecule has 7 heteroatoms. The van der Waals surface area contributed by atoms with E-state index in [2.05, 4.69) is 10.6 Å². The van der Waals surface area contributed by atoms with Crippen molar-refractivity contribution >= 4 is 27.1 Å². The lowest BCUT2D eigenvalue weighted by Crippen LogP contribution is -2.39. The summed E-state index contributed by atoms with van der Waals surface area (Å²) < 4.78 is 23.0. The van der Waals surface area contributed by atoms with Gasteiger partial charge in [0.2, 0.25) is 5.91 Å². The summed E-state index contributed by atoms with van der Waals surface area (Å²) in [5.41, 5.74) is 0. The van der Waals surface area contributed by atoms with E-state index in [1.807, 2.05) is 0 Å². The highest BCUT2D eigenvalue weighted by Crippen LogP contribution is 2.21. The third kappa shape index (κ3) is 3.30. The Kier molecular flexibility index (Phi) is 4.04. The molecule has 0 radical (unpaired) electrons. The summed E-state index contributed by atoms with van der Waals surface area (Å²) in [5, 5.41) is 5.94. The van der Waals surface area contributed by atoms with Crippen molar-refractivity contribution in [3.8, 4) is 0 Å². The van der Waals surface area contributed by atoms with Crippen molar-refractivity contribution in [1.82, 2.24) is 10.6 Å². The summed E-state index contributed by atoms with van der Waals surface area (Å²) in [6, 6.07) is 3.22. The predicted molar refractivity (Wildman–Crippen MR) is 70.3 cm³/mol. The van der Waals surface area contributed by atoms with Crippen LogP contribution in [0.25, 0.3) is 0 Å². The second kappa shape index (κ2) is 5.38. The van der Waals surface area contributed by atoms with Crippen LogP contribution in [0.5, 0.6) is 0 Å². The molecular weight excluding hydrogens is 272 g/mol. The summed E-state index contributed by atoms with van der Waals surface area (Å²) in [5.74, 6) is -0.0122. The molecule has 2 heterocycles. The predicted octanol–water partition coefficient (Wildman–Crippen LogP) is 0.520. The fourth-order valence-electron chi connectivity index (χ4n) is 1.86. The van der Waals surface area contributed by atoms with Crippen molar-refractivity contribution in [3.63, 3.8) is 0 Å². The Morgan fingerprint density at radius 1 is 1.56 bits per heavy atom. The Labute approximate surface area is 111 Å². The first-order valence-electron chi connectivity index (χ1n) is 5.77. The van der Waals surface area contributed by atoms with Crippen LogP contribution in [0, 0.1) is 0 Å². The van der Waals surface area contributed by atoms with Gasteiger partial charge in [0.25, 0.3) is 0 Å². The number of rotatable bonds is 4. The Morgan fingerprint density at radius 2 is 2.33 bits per heavy atom. The molecule has 5 nitrogen and oxygen atoms in total. The zero-order chi connectivity index (χ0) is 13.2. The highest BCUT2D eigenvalue weighted by molar-refractivity contribution is 7.92. The SMILES string of the molecule is CS(=O)(=O)c1ccc(CNC(=O)C2CCCN2)s1. The van der Waals surface area contributed by atoms with E-state index in [-0.39, 0.29) is 11.9 Å². The molecule has 1 aromatic rings. The van der Waals surface area contributed by atoms with E-state index in [9.17, 15) is 13.2 Å². The van der Waals surface area contributed by atoms with Crippen molar-refractivity contribution in [2.24, 2.45) is 0 Å². The molecule has 1 atom stereocenters. The lowest BCUT2D eigenvalue weighted by Gasteiger charge is -2.09. The molecule has 1 aliphatic rings. The molecule has 100 valence electrons. The zero-order valence-corrected chi connectivity index (χ0v) is 11.7. The molecule has 1 saturated heterocycles. The van der Waals surface area contributed by atoms with E-state index in [0.29, 0.717) is 10.8 Å². The molecule has 1 amide bonds. The molecular formula is C11H16N2O3S2. The molecule has 1 aromatic heterocycles. The first kappa shape index (κ1) is 13.5. The van der Waals surface area contributed by atoms with Crippen molar-refractivity contribution in [3.05, 3.63) is 17.0 Å². The average Bonchev–Trinajstić information content (AvgIpc) is 2.96. The van der Waals surface area contributed by atoms with Crippen LogP contribution in [-0.2, 0) is 21.2 Å². The summed E-state index contributed by atoms with van der Waals surface area (Å²) in [6.07, 6.45) is 3.07. The highest BCUT2D eigenvalue weighted by atomic mass is 32.2. The topological polar surface area (TPSA) is 75.3 Å². The molecule has 1 aliphatic heterocycles. The Hall–Kier alpha value is -0.920. The van der Waals surface area contributed by atoms with Crippen LogP contribution >= 0.6 is 11.3 Å². The van der Waals surface area contributed by atoms with Crippen LogP contribution in [0.4, 0.5) is 0 Å². The smallest absolute Gasteiger partial charge is 0.237 e. The van der Waals surface area contributed by atoms with Gasteiger partial charge >= 0.3 is 0 Å². The lowest BCUT2D eigenvalue weighted by atomic mass is 10.2. The second-order valence-electron chi connectivity index (χ2n) is 4.36. The molecule has 1 fully saturated rings. The maximum Gasteiger partial charge on any atom is 0.237 e. The number of sulfone groups is 1. The standard InChI is InChI=1S/C11H16N2O3S2/c1-18(15,16)10-5-4-8(17-10)7-13-11(14)9-3-2-6-12-9/h4-5,9,12H,2-3,6-7H2,1H3,(H,13,14). The van der Waals surface area contributed by atoms with E-state index in [1.165, 1.54) is 17.6 Å². The van der Waals surface area contributed by atoms with Crippen LogP contribution in [0.1, 0.15) is 17.7 Å². The largest absolute Gasteiger partial charge is 0.350 e. The Balaban J connectivity index is 1.90. The van der Waals surface area contributed by atoms with Gasteiger partial charge in [0.1, 0.15) is 4.21 Å². The van der Waals surface area contributed by atoms with Crippen LogP contribution < -0.4 is 10.6 Å². The fraction of sp³-hybridized carbons (Fsp3) is 0.545. The quantitative estimate of drug-likeness (QED) is 0.847. The van der Waals surface area contributed by atoms with Gasteiger partial charge in [0.05, 0.1) is 12.6 Å². The summed E-state index contributed by atoms with van der Waals surface area (Å²) in [7, 11) is -3.14. The van der Waals surface area contributed by atoms with Gasteiger partial charge in [0, 0.05) is 11.1 Å². The van der Waals surface area contributed by atoms with Gasteiger partial charge in [0.15, 0.2) is 9.84 Å². The molecule has 1 unspecified atom stereocenters. The molecule has 2 N–H and O–H groups in total. The minimum absolute atomic E-state index is 0.0122. The van der Waals surface area contributed by atoms with Gasteiger partial charge < -0.3 is 10.6 Å². The van der Waals surface area contributed by atoms with Gasteiger partial charge in [-0.3, -0.25) is 4.79 Å². The molecule has 0 saturated carbocycles. The number of hydrogen-bond acceptors (Lipinski definition) is 5. The van der Waals surface area contributed by atoms with Crippen molar-refractivity contribution in [2.75, 3.05) is 12.8 Å². The number of nitrogens with one attached hydrogen (secondary N) is 2. The number of thiophene rings is 1. The lowest BCUT2D eigenvalue weighted by molar-refractivity contribution is -0.122. The third-order valence-corrected chi connectivity index (χ3v) is 5.72. The van der Waals surface area contributed by atoms with Crippen molar-refractivity contribution < 1.29 is 13.2 Å². The van der Waals surface area contributed by atoms with Gasteiger partial charge in [-0.1, -0.05) is 0 Å². The van der Waals surface area contributed by atoms with Crippen LogP contribution in [-0.4, -0.2) is 33.2 Å². The monoisotopic (exact) mass is 288 g/mol. The van der Waals surface area contributed by atoms with Crippen molar-refractivity contribution in [2.45, 2.75) is 29.6 Å². The maximum absolute atomic E-state index is 11.7. The van der Waals surface area contributed by atoms with Crippen molar-refractivity contribution in [1.29, 1.82) is 0 Å². The Morgan fingerprint density at radius 3 is 2.89 bits per heavy atom. The molecule has 0 aromatic carbocycles. The summed E-state index contributed by atoms with van der Waals surface area (Å²) in [6.45, 7) is 1.27. The second-order valence-corrected chi connectivity index (χ2v) is 7.77. The molecule has 0 spiro atoms. The van der Waals surface area contributed by atoms with E-state index in [0.717, 1.165) is 24.3 Å². The zero-order valence-electron chi connectivity index (χ0n) is 10.1. The highest BCUT2D eigenvalue weighted by Gasteiger charge is 2.21. The van der Waals surface area contributed by atoms with E-state index in [1.54, 1.807) is 12.1 Å². The van der Waals surface area contributed by atoms with E-state index in [4.69, 9.17) is 0 Å². The molecule has 2 rings (SSSR count). The number of amides is 1. The van der Waals surface area contributed by atoms with Gasteiger partial charge in [-0.05, 0) is 31.5 Å². The maximum atomic E-state index is 11.7. The Bertz CT molecular complexity index is 530. The molecule has 0 aliphatic carbocycles. The molecule has 18 heavy (non-hydrogen) atoms. The first-order valence-corrected chi connectivity index (χ1v) is 8.47. The molecule has 0 bridgehead atoms. The van der Waals surface area contributed by atoms with E-state index < -0.39 is 9.84 Å². The minimum Gasteiger partial charge on any atom is -0.350 e. The number of carbonyl (C=O) groups is 1. The van der Waals surface area contributed by atoms with Crippen LogP contribution in [0.3, 0.4) is 0 Å². The van der Waals surface area contributed by atoms with Crippen LogP contribution in [0.15, 0.2) is 16.3 Å². The first-order chi connectivity index (χ1) is 8.47. The normalized spacial score (nSPS) is 19.9. The van der Waals surface area contributed by atoms with Gasteiger partial charge in [-0.2, -0.15) is 0 Å². The number of carbonyl (C=O) groups excluding carboxylic acids is 1. The van der Waals surface area contributed by atoms with Crippen LogP contribution in [0.2, 0.25) is 0 Å². The fourth-order valence-corrected chi connectivity index (χ4v) is 3.78. The minimum atomic E-state index is -3.14. The summed E-state index contributed by atoms with van der Waals surface area (Å²) >= 11 is 1.20. The number of hydrogen-bond donors (Lipinski definition) is 2.